The molecule has 0 bridgehead atoms. The minimum atomic E-state index is -0.190. The van der Waals surface area contributed by atoms with E-state index in [9.17, 15) is 9.59 Å². The SMILES string of the molecule is CC1CCc2nc(NC(=O)c3ccc(NC(=O)c4cccs4)cc3)sc2C1. The van der Waals surface area contributed by atoms with Crippen LogP contribution < -0.4 is 10.6 Å². The number of nitrogens with one attached hydrogen (secondary N) is 2. The summed E-state index contributed by atoms with van der Waals surface area (Å²) < 4.78 is 0. The second-order valence-electron chi connectivity index (χ2n) is 6.70. The number of nitrogens with zero attached hydrogens (tertiary/aromatic N) is 1. The van der Waals surface area contributed by atoms with E-state index in [1.165, 1.54) is 16.2 Å². The lowest BCUT2D eigenvalue weighted by Gasteiger charge is -2.15. The average Bonchev–Trinajstić information content (AvgIpc) is 3.31. The summed E-state index contributed by atoms with van der Waals surface area (Å²) in [6.07, 6.45) is 3.19. The van der Waals surface area contributed by atoms with Crippen molar-refractivity contribution in [3.05, 3.63) is 62.8 Å². The normalized spacial score (nSPS) is 15.8. The van der Waals surface area contributed by atoms with Crippen LogP contribution in [0.1, 0.15) is 43.9 Å². The van der Waals surface area contributed by atoms with Crippen LogP contribution in [0.15, 0.2) is 41.8 Å². The van der Waals surface area contributed by atoms with Gasteiger partial charge in [-0.3, -0.25) is 14.9 Å². The standard InChI is InChI=1S/C20H19N3O2S2/c1-12-4-9-15-17(11-12)27-20(22-15)23-18(24)13-5-7-14(8-6-13)21-19(25)16-3-2-10-26-16/h2-3,5-8,10,12H,4,9,11H2,1H3,(H,21,25)(H,22,23,24). The minimum Gasteiger partial charge on any atom is -0.321 e. The maximum atomic E-state index is 12.5. The van der Waals surface area contributed by atoms with Gasteiger partial charge < -0.3 is 5.32 Å². The fourth-order valence-corrected chi connectivity index (χ4v) is 4.85. The van der Waals surface area contributed by atoms with E-state index >= 15 is 0 Å². The van der Waals surface area contributed by atoms with Crippen molar-refractivity contribution in [3.63, 3.8) is 0 Å². The van der Waals surface area contributed by atoms with Crippen molar-refractivity contribution in [2.75, 3.05) is 10.6 Å². The lowest BCUT2D eigenvalue weighted by molar-refractivity contribution is 0.102. The molecule has 0 saturated carbocycles. The van der Waals surface area contributed by atoms with Crippen LogP contribution in [0.5, 0.6) is 0 Å². The molecule has 0 saturated heterocycles. The van der Waals surface area contributed by atoms with Crippen molar-refractivity contribution in [3.8, 4) is 0 Å². The zero-order chi connectivity index (χ0) is 18.8. The summed E-state index contributed by atoms with van der Waals surface area (Å²) in [6.45, 7) is 2.25. The van der Waals surface area contributed by atoms with Crippen molar-refractivity contribution in [1.29, 1.82) is 0 Å². The van der Waals surface area contributed by atoms with Crippen molar-refractivity contribution >= 4 is 45.3 Å². The molecule has 0 spiro atoms. The molecule has 4 rings (SSSR count). The quantitative estimate of drug-likeness (QED) is 0.662. The maximum Gasteiger partial charge on any atom is 0.265 e. The van der Waals surface area contributed by atoms with E-state index in [4.69, 9.17) is 0 Å². The van der Waals surface area contributed by atoms with E-state index in [1.54, 1.807) is 41.7 Å². The van der Waals surface area contributed by atoms with Gasteiger partial charge in [0.1, 0.15) is 0 Å². The molecule has 1 aromatic carbocycles. The topological polar surface area (TPSA) is 71.1 Å². The van der Waals surface area contributed by atoms with E-state index < -0.39 is 0 Å². The Balaban J connectivity index is 1.40. The van der Waals surface area contributed by atoms with Crippen LogP contribution in [-0.4, -0.2) is 16.8 Å². The number of thiophene rings is 1. The smallest absolute Gasteiger partial charge is 0.265 e. The summed E-state index contributed by atoms with van der Waals surface area (Å²) in [5, 5.41) is 8.24. The molecule has 5 nitrogen and oxygen atoms in total. The number of aromatic nitrogens is 1. The van der Waals surface area contributed by atoms with Crippen LogP contribution in [0.4, 0.5) is 10.8 Å². The number of benzene rings is 1. The van der Waals surface area contributed by atoms with Crippen molar-refractivity contribution in [1.82, 2.24) is 4.98 Å². The molecule has 1 unspecified atom stereocenters. The third kappa shape index (κ3) is 4.09. The summed E-state index contributed by atoms with van der Waals surface area (Å²) in [4.78, 5) is 31.1. The Hall–Kier alpha value is -2.51. The van der Waals surface area contributed by atoms with E-state index in [0.29, 0.717) is 27.2 Å². The molecule has 138 valence electrons. The maximum absolute atomic E-state index is 12.5. The molecule has 0 fully saturated rings. The molecule has 1 aliphatic carbocycles. The summed E-state index contributed by atoms with van der Waals surface area (Å²) in [5.41, 5.74) is 2.31. The lowest BCUT2D eigenvalue weighted by Crippen LogP contribution is -2.13. The highest BCUT2D eigenvalue weighted by molar-refractivity contribution is 7.16. The Morgan fingerprint density at radius 3 is 2.67 bits per heavy atom. The Morgan fingerprint density at radius 2 is 1.93 bits per heavy atom. The highest BCUT2D eigenvalue weighted by Crippen LogP contribution is 2.32. The van der Waals surface area contributed by atoms with Crippen LogP contribution in [0.2, 0.25) is 0 Å². The monoisotopic (exact) mass is 397 g/mol. The predicted octanol–water partition coefficient (Wildman–Crippen LogP) is 4.83. The second kappa shape index (κ2) is 7.62. The molecule has 2 amide bonds. The van der Waals surface area contributed by atoms with Crippen molar-refractivity contribution in [2.45, 2.75) is 26.2 Å². The number of hydrogen-bond donors (Lipinski definition) is 2. The van der Waals surface area contributed by atoms with Gasteiger partial charge in [0.25, 0.3) is 11.8 Å². The largest absolute Gasteiger partial charge is 0.321 e. The number of carbonyl (C=O) groups is 2. The van der Waals surface area contributed by atoms with Gasteiger partial charge in [-0.1, -0.05) is 13.0 Å². The highest BCUT2D eigenvalue weighted by Gasteiger charge is 2.20. The predicted molar refractivity (Wildman–Crippen MR) is 110 cm³/mol. The average molecular weight is 398 g/mol. The molecule has 2 heterocycles. The van der Waals surface area contributed by atoms with Crippen LogP contribution in [0.25, 0.3) is 0 Å². The zero-order valence-corrected chi connectivity index (χ0v) is 16.5. The van der Waals surface area contributed by atoms with E-state index in [0.717, 1.165) is 25.0 Å². The van der Waals surface area contributed by atoms with Crippen LogP contribution in [0.3, 0.4) is 0 Å². The minimum absolute atomic E-state index is 0.148. The first-order chi connectivity index (χ1) is 13.1. The molecule has 2 N–H and O–H groups in total. The Morgan fingerprint density at radius 1 is 1.11 bits per heavy atom. The summed E-state index contributed by atoms with van der Waals surface area (Å²) in [7, 11) is 0. The molecule has 0 radical (unpaired) electrons. The Labute approximate surface area is 165 Å². The first-order valence-electron chi connectivity index (χ1n) is 8.83. The van der Waals surface area contributed by atoms with Crippen molar-refractivity contribution in [2.24, 2.45) is 5.92 Å². The molecule has 27 heavy (non-hydrogen) atoms. The third-order valence-electron chi connectivity index (χ3n) is 4.56. The Bertz CT molecular complexity index is 962. The number of fused-ring (bicyclic) bond motifs is 1. The van der Waals surface area contributed by atoms with Gasteiger partial charge in [-0.15, -0.1) is 22.7 Å². The van der Waals surface area contributed by atoms with Gasteiger partial charge in [0.2, 0.25) is 0 Å². The van der Waals surface area contributed by atoms with Crippen LogP contribution >= 0.6 is 22.7 Å². The number of rotatable bonds is 4. The van der Waals surface area contributed by atoms with E-state index in [2.05, 4.69) is 22.5 Å². The zero-order valence-electron chi connectivity index (χ0n) is 14.8. The molecule has 3 aromatic rings. The van der Waals surface area contributed by atoms with Crippen LogP contribution in [-0.2, 0) is 12.8 Å². The van der Waals surface area contributed by atoms with Crippen molar-refractivity contribution < 1.29 is 9.59 Å². The van der Waals surface area contributed by atoms with E-state index in [1.807, 2.05) is 11.4 Å². The summed E-state index contributed by atoms with van der Waals surface area (Å²) >= 11 is 2.96. The molecule has 1 atom stereocenters. The summed E-state index contributed by atoms with van der Waals surface area (Å²) in [5.74, 6) is 0.341. The molecule has 1 aliphatic rings. The fraction of sp³-hybridized carbons (Fsp3) is 0.250. The number of carbonyl (C=O) groups excluding carboxylic acids is 2. The lowest BCUT2D eigenvalue weighted by atomic mass is 9.93. The van der Waals surface area contributed by atoms with Gasteiger partial charge in [0.05, 0.1) is 10.6 Å². The first-order valence-corrected chi connectivity index (χ1v) is 10.5. The van der Waals surface area contributed by atoms with Crippen LogP contribution in [0, 0.1) is 5.92 Å². The Kier molecular flexibility index (Phi) is 5.05. The molecule has 2 aromatic heterocycles. The van der Waals surface area contributed by atoms with Gasteiger partial charge in [-0.25, -0.2) is 4.98 Å². The highest BCUT2D eigenvalue weighted by atomic mass is 32.1. The second-order valence-corrected chi connectivity index (χ2v) is 8.73. The first kappa shape index (κ1) is 17.9. The number of amides is 2. The molecular formula is C20H19N3O2S2. The van der Waals surface area contributed by atoms with Gasteiger partial charge in [-0.05, 0) is 60.9 Å². The van der Waals surface area contributed by atoms with Gasteiger partial charge in [0.15, 0.2) is 5.13 Å². The molecule has 7 heteroatoms. The third-order valence-corrected chi connectivity index (χ3v) is 6.46. The van der Waals surface area contributed by atoms with Gasteiger partial charge >= 0.3 is 0 Å². The number of aryl methyl sites for hydroxylation is 1. The number of thiazole rings is 1. The van der Waals surface area contributed by atoms with E-state index in [-0.39, 0.29) is 11.8 Å². The molecular weight excluding hydrogens is 378 g/mol. The number of hydrogen-bond acceptors (Lipinski definition) is 5. The summed E-state index contributed by atoms with van der Waals surface area (Å²) in [6, 6.07) is 10.5. The number of anilines is 2. The van der Waals surface area contributed by atoms with Gasteiger partial charge in [-0.2, -0.15) is 0 Å². The molecule has 0 aliphatic heterocycles. The fourth-order valence-electron chi connectivity index (χ4n) is 3.07. The van der Waals surface area contributed by atoms with Gasteiger partial charge in [0, 0.05) is 16.1 Å².